The Balaban J connectivity index is 1.91. The van der Waals surface area contributed by atoms with Gasteiger partial charge in [0, 0.05) is 5.75 Å². The van der Waals surface area contributed by atoms with Crippen molar-refractivity contribution in [1.82, 2.24) is 19.9 Å². The average molecular weight is 258 g/mol. The Kier molecular flexibility index (Phi) is 2.85. The smallest absolute Gasteiger partial charge is 0.341 e. The van der Waals surface area contributed by atoms with E-state index in [1.165, 1.54) is 17.3 Å². The van der Waals surface area contributed by atoms with Crippen molar-refractivity contribution < 1.29 is 0 Å². The number of hydrogen-bond acceptors (Lipinski definition) is 4. The molecule has 2 heterocycles. The van der Waals surface area contributed by atoms with Crippen LogP contribution < -0.4 is 5.69 Å². The van der Waals surface area contributed by atoms with Crippen LogP contribution in [0.1, 0.15) is 5.56 Å². The summed E-state index contributed by atoms with van der Waals surface area (Å²) >= 11 is 1.52. The van der Waals surface area contributed by atoms with Crippen LogP contribution in [-0.2, 0) is 5.75 Å². The molecule has 0 atom stereocenters. The van der Waals surface area contributed by atoms with E-state index in [9.17, 15) is 4.79 Å². The predicted octanol–water partition coefficient (Wildman–Crippen LogP) is 1.94. The van der Waals surface area contributed by atoms with Crippen LogP contribution in [-0.4, -0.2) is 19.9 Å². The predicted molar refractivity (Wildman–Crippen MR) is 70.5 cm³/mol. The molecular formula is C12H10N4OS. The highest BCUT2D eigenvalue weighted by Crippen LogP contribution is 2.24. The highest BCUT2D eigenvalue weighted by molar-refractivity contribution is 7.98. The van der Waals surface area contributed by atoms with E-state index in [-0.39, 0.29) is 5.69 Å². The maximum atomic E-state index is 11.4. The van der Waals surface area contributed by atoms with Gasteiger partial charge in [-0.25, -0.2) is 9.78 Å². The number of rotatable bonds is 3. The summed E-state index contributed by atoms with van der Waals surface area (Å²) < 4.78 is 0. The summed E-state index contributed by atoms with van der Waals surface area (Å²) in [6.07, 6.45) is 1.55. The Hall–Kier alpha value is -2.08. The minimum Gasteiger partial charge on any atom is -0.341 e. The van der Waals surface area contributed by atoms with E-state index in [1.54, 1.807) is 6.33 Å². The molecule has 90 valence electrons. The van der Waals surface area contributed by atoms with E-state index in [1.807, 2.05) is 30.3 Å². The van der Waals surface area contributed by atoms with Gasteiger partial charge in [-0.3, -0.25) is 4.98 Å². The Bertz CT molecular complexity index is 720. The number of H-pyrrole nitrogens is 2. The van der Waals surface area contributed by atoms with Crippen LogP contribution in [0.4, 0.5) is 0 Å². The van der Waals surface area contributed by atoms with Gasteiger partial charge in [0.15, 0.2) is 5.65 Å². The van der Waals surface area contributed by atoms with Gasteiger partial charge in [-0.1, -0.05) is 42.1 Å². The summed E-state index contributed by atoms with van der Waals surface area (Å²) in [5.41, 5.74) is 2.14. The highest BCUT2D eigenvalue weighted by atomic mass is 32.2. The fourth-order valence-electron chi connectivity index (χ4n) is 1.66. The zero-order valence-electron chi connectivity index (χ0n) is 9.38. The van der Waals surface area contributed by atoms with Crippen LogP contribution in [0, 0.1) is 0 Å². The minimum absolute atomic E-state index is 0.370. The van der Waals surface area contributed by atoms with Crippen molar-refractivity contribution in [2.45, 2.75) is 10.8 Å². The van der Waals surface area contributed by atoms with Crippen molar-refractivity contribution in [3.8, 4) is 0 Å². The molecule has 18 heavy (non-hydrogen) atoms. The summed E-state index contributed by atoms with van der Waals surface area (Å²) in [7, 11) is 0. The van der Waals surface area contributed by atoms with Crippen molar-refractivity contribution in [3.05, 3.63) is 52.7 Å². The first-order chi connectivity index (χ1) is 8.83. The third-order valence-corrected chi connectivity index (χ3v) is 3.55. The second-order valence-electron chi connectivity index (χ2n) is 3.75. The molecule has 0 fully saturated rings. The lowest BCUT2D eigenvalue weighted by Crippen LogP contribution is -2.10. The van der Waals surface area contributed by atoms with Crippen LogP contribution in [0.3, 0.4) is 0 Å². The molecule has 3 rings (SSSR count). The summed E-state index contributed by atoms with van der Waals surface area (Å²) in [4.78, 5) is 25.0. The summed E-state index contributed by atoms with van der Waals surface area (Å²) in [5, 5.41) is 0.676. The number of nitrogens with one attached hydrogen (secondary N) is 2. The lowest BCUT2D eigenvalue weighted by atomic mass is 10.2. The molecule has 0 saturated carbocycles. The molecule has 0 amide bonds. The molecule has 0 bridgehead atoms. The van der Waals surface area contributed by atoms with Crippen molar-refractivity contribution in [3.63, 3.8) is 0 Å². The number of fused-ring (bicyclic) bond motifs is 1. The average Bonchev–Trinajstić information content (AvgIpc) is 2.85. The molecule has 5 nitrogen and oxygen atoms in total. The van der Waals surface area contributed by atoms with Crippen LogP contribution in [0.15, 0.2) is 46.5 Å². The lowest BCUT2D eigenvalue weighted by Gasteiger charge is -2.01. The summed E-state index contributed by atoms with van der Waals surface area (Å²) in [5.74, 6) is 0.769. The molecule has 2 aromatic heterocycles. The molecule has 2 N–H and O–H groups in total. The fourth-order valence-corrected chi connectivity index (χ4v) is 2.60. The van der Waals surface area contributed by atoms with E-state index >= 15 is 0 Å². The van der Waals surface area contributed by atoms with Crippen molar-refractivity contribution >= 4 is 22.9 Å². The first-order valence-corrected chi connectivity index (χ1v) is 6.41. The largest absolute Gasteiger partial charge is 0.347 e. The van der Waals surface area contributed by atoms with E-state index in [2.05, 4.69) is 19.9 Å². The SMILES string of the molecule is O=c1nc(SCc2ccccc2)c2[nH]cnc2[nH]1. The van der Waals surface area contributed by atoms with E-state index < -0.39 is 0 Å². The van der Waals surface area contributed by atoms with Gasteiger partial charge in [0.05, 0.1) is 6.33 Å². The Morgan fingerprint density at radius 2 is 2.06 bits per heavy atom. The number of aromatic amines is 2. The molecule has 0 aliphatic carbocycles. The molecule has 0 saturated heterocycles. The van der Waals surface area contributed by atoms with Crippen LogP contribution in [0.5, 0.6) is 0 Å². The number of nitrogens with zero attached hydrogens (tertiary/aromatic N) is 2. The Labute approximate surface area is 107 Å². The number of benzene rings is 1. The van der Waals surface area contributed by atoms with Gasteiger partial charge in [-0.05, 0) is 5.56 Å². The Morgan fingerprint density at radius 1 is 1.22 bits per heavy atom. The molecule has 1 aromatic carbocycles. The highest BCUT2D eigenvalue weighted by Gasteiger charge is 2.07. The molecular weight excluding hydrogens is 248 g/mol. The second-order valence-corrected chi connectivity index (χ2v) is 4.71. The van der Waals surface area contributed by atoms with Gasteiger partial charge in [0.2, 0.25) is 0 Å². The molecule has 0 aliphatic rings. The topological polar surface area (TPSA) is 74.4 Å². The van der Waals surface area contributed by atoms with Gasteiger partial charge in [0.25, 0.3) is 0 Å². The third kappa shape index (κ3) is 2.14. The van der Waals surface area contributed by atoms with Gasteiger partial charge < -0.3 is 4.98 Å². The maximum absolute atomic E-state index is 11.4. The summed E-state index contributed by atoms with van der Waals surface area (Å²) in [6.45, 7) is 0. The monoisotopic (exact) mass is 258 g/mol. The quantitative estimate of drug-likeness (QED) is 0.556. The van der Waals surface area contributed by atoms with Crippen LogP contribution in [0.25, 0.3) is 11.2 Å². The van der Waals surface area contributed by atoms with Crippen molar-refractivity contribution in [1.29, 1.82) is 0 Å². The van der Waals surface area contributed by atoms with Gasteiger partial charge >= 0.3 is 5.69 Å². The standard InChI is InChI=1S/C12H10N4OS/c17-12-15-10-9(13-7-14-10)11(16-12)18-6-8-4-2-1-3-5-8/h1-5,7H,6H2,(H2,13,14,15,16,17). The van der Waals surface area contributed by atoms with E-state index in [0.29, 0.717) is 10.7 Å². The molecule has 0 aliphatic heterocycles. The molecule has 3 aromatic rings. The van der Waals surface area contributed by atoms with Crippen molar-refractivity contribution in [2.24, 2.45) is 0 Å². The first kappa shape index (κ1) is 11.0. The number of thioether (sulfide) groups is 1. The van der Waals surface area contributed by atoms with Crippen molar-refractivity contribution in [2.75, 3.05) is 0 Å². The van der Waals surface area contributed by atoms with Gasteiger partial charge in [0.1, 0.15) is 10.5 Å². The summed E-state index contributed by atoms with van der Waals surface area (Å²) in [6, 6.07) is 10.1. The minimum atomic E-state index is -0.370. The van der Waals surface area contributed by atoms with E-state index in [0.717, 1.165) is 11.3 Å². The molecule has 0 unspecified atom stereocenters. The number of hydrogen-bond donors (Lipinski definition) is 2. The van der Waals surface area contributed by atoms with Gasteiger partial charge in [-0.15, -0.1) is 0 Å². The van der Waals surface area contributed by atoms with Crippen LogP contribution >= 0.6 is 11.8 Å². The molecule has 0 radical (unpaired) electrons. The fraction of sp³-hybridized carbons (Fsp3) is 0.0833. The third-order valence-electron chi connectivity index (χ3n) is 2.50. The normalized spacial score (nSPS) is 10.9. The number of imidazole rings is 1. The zero-order chi connectivity index (χ0) is 12.4. The maximum Gasteiger partial charge on any atom is 0.347 e. The Morgan fingerprint density at radius 3 is 2.89 bits per heavy atom. The second kappa shape index (κ2) is 4.66. The number of aromatic nitrogens is 4. The van der Waals surface area contributed by atoms with Gasteiger partial charge in [-0.2, -0.15) is 4.98 Å². The first-order valence-electron chi connectivity index (χ1n) is 5.43. The molecule has 0 spiro atoms. The molecule has 6 heteroatoms. The zero-order valence-corrected chi connectivity index (χ0v) is 10.2. The van der Waals surface area contributed by atoms with Crippen LogP contribution in [0.2, 0.25) is 0 Å². The lowest BCUT2D eigenvalue weighted by molar-refractivity contribution is 1.01. The van der Waals surface area contributed by atoms with E-state index in [4.69, 9.17) is 0 Å².